The summed E-state index contributed by atoms with van der Waals surface area (Å²) in [6, 6.07) is 44.5. The minimum absolute atomic E-state index is 0.00558. The topological polar surface area (TPSA) is 14.2 Å². The normalized spacial score (nSPS) is 11.5. The van der Waals surface area contributed by atoms with E-state index in [4.69, 9.17) is 6.57 Å². The SMILES string of the molecule is [C-]#[N+]c1c(F)ccc(-c2ccccc2-n2c3ccccc3c3ccccc32)c1-n1c2ccccc2c2ccccc21. The van der Waals surface area contributed by atoms with Gasteiger partial charge in [0.1, 0.15) is 5.82 Å². The number of fused-ring (bicyclic) bond motifs is 6. The predicted octanol–water partition coefficient (Wildman–Crippen LogP) is 10.2. The van der Waals surface area contributed by atoms with Crippen LogP contribution in [-0.4, -0.2) is 9.13 Å². The van der Waals surface area contributed by atoms with Gasteiger partial charge in [-0.1, -0.05) is 97.1 Å². The number of para-hydroxylation sites is 5. The fourth-order valence-electron chi connectivity index (χ4n) is 6.35. The second-order valence-corrected chi connectivity index (χ2v) is 10.2. The molecule has 2 aromatic heterocycles. The maximum Gasteiger partial charge on any atom is 0.246 e. The smallest absolute Gasteiger partial charge is 0.246 e. The molecule has 0 unspecified atom stereocenters. The molecule has 2 heterocycles. The van der Waals surface area contributed by atoms with E-state index in [1.165, 1.54) is 16.8 Å². The van der Waals surface area contributed by atoms with Crippen LogP contribution in [0.15, 0.2) is 133 Å². The first-order chi connectivity index (χ1) is 20.3. The van der Waals surface area contributed by atoms with Crippen LogP contribution in [0.1, 0.15) is 0 Å². The maximum atomic E-state index is 15.5. The van der Waals surface area contributed by atoms with Crippen molar-refractivity contribution in [3.05, 3.63) is 151 Å². The Morgan fingerprint density at radius 1 is 0.463 bits per heavy atom. The van der Waals surface area contributed by atoms with Gasteiger partial charge in [-0.2, -0.15) is 0 Å². The second-order valence-electron chi connectivity index (χ2n) is 10.2. The molecule has 4 heteroatoms. The van der Waals surface area contributed by atoms with Gasteiger partial charge in [-0.05, 0) is 42.0 Å². The quantitative estimate of drug-likeness (QED) is 0.203. The molecule has 6 aromatic carbocycles. The summed E-state index contributed by atoms with van der Waals surface area (Å²) in [5.74, 6) is -0.532. The van der Waals surface area contributed by atoms with Crippen LogP contribution in [0.4, 0.5) is 10.1 Å². The Morgan fingerprint density at radius 2 is 0.902 bits per heavy atom. The first-order valence-electron chi connectivity index (χ1n) is 13.5. The lowest BCUT2D eigenvalue weighted by molar-refractivity contribution is 0.633. The summed E-state index contributed by atoms with van der Waals surface area (Å²) in [5, 5.41) is 4.46. The van der Waals surface area contributed by atoms with Gasteiger partial charge < -0.3 is 9.13 Å². The molecule has 3 nitrogen and oxygen atoms in total. The van der Waals surface area contributed by atoms with E-state index in [1.807, 2.05) is 54.6 Å². The molecule has 192 valence electrons. The molecule has 0 saturated heterocycles. The van der Waals surface area contributed by atoms with Crippen LogP contribution in [0.3, 0.4) is 0 Å². The molecule has 41 heavy (non-hydrogen) atoms. The molecule has 0 bridgehead atoms. The highest BCUT2D eigenvalue weighted by Crippen LogP contribution is 2.44. The fourth-order valence-corrected chi connectivity index (χ4v) is 6.35. The van der Waals surface area contributed by atoms with Crippen molar-refractivity contribution in [1.29, 1.82) is 0 Å². The average Bonchev–Trinajstić information content (AvgIpc) is 3.54. The van der Waals surface area contributed by atoms with Gasteiger partial charge in [-0.3, -0.25) is 0 Å². The van der Waals surface area contributed by atoms with E-state index in [2.05, 4.69) is 86.8 Å². The summed E-state index contributed by atoms with van der Waals surface area (Å²) >= 11 is 0. The first-order valence-corrected chi connectivity index (χ1v) is 13.5. The van der Waals surface area contributed by atoms with E-state index >= 15 is 4.39 Å². The number of aromatic nitrogens is 2. The summed E-state index contributed by atoms with van der Waals surface area (Å²) in [6.07, 6.45) is 0. The molecule has 0 aliphatic carbocycles. The molecule has 0 N–H and O–H groups in total. The lowest BCUT2D eigenvalue weighted by Gasteiger charge is -2.20. The zero-order valence-electron chi connectivity index (χ0n) is 21.9. The Kier molecular flexibility index (Phi) is 5.07. The summed E-state index contributed by atoms with van der Waals surface area (Å²) < 4.78 is 19.8. The van der Waals surface area contributed by atoms with E-state index < -0.39 is 5.82 Å². The lowest BCUT2D eigenvalue weighted by Crippen LogP contribution is -2.02. The van der Waals surface area contributed by atoms with Crippen LogP contribution < -0.4 is 0 Å². The largest absolute Gasteiger partial charge is 0.318 e. The average molecular weight is 528 g/mol. The van der Waals surface area contributed by atoms with E-state index in [-0.39, 0.29) is 5.69 Å². The van der Waals surface area contributed by atoms with Crippen LogP contribution >= 0.6 is 0 Å². The van der Waals surface area contributed by atoms with Crippen LogP contribution in [0.2, 0.25) is 0 Å². The van der Waals surface area contributed by atoms with Gasteiger partial charge in [0.15, 0.2) is 0 Å². The molecule has 0 spiro atoms. The van der Waals surface area contributed by atoms with Gasteiger partial charge in [-0.25, -0.2) is 9.24 Å². The van der Waals surface area contributed by atoms with Crippen LogP contribution in [0.5, 0.6) is 0 Å². The van der Waals surface area contributed by atoms with E-state index in [1.54, 1.807) is 0 Å². The minimum Gasteiger partial charge on any atom is -0.318 e. The molecule has 8 rings (SSSR count). The van der Waals surface area contributed by atoms with Gasteiger partial charge in [0.05, 0.1) is 40.0 Å². The van der Waals surface area contributed by atoms with Crippen molar-refractivity contribution in [1.82, 2.24) is 9.13 Å². The zero-order valence-corrected chi connectivity index (χ0v) is 21.9. The van der Waals surface area contributed by atoms with Gasteiger partial charge in [-0.15, -0.1) is 0 Å². The highest BCUT2D eigenvalue weighted by atomic mass is 19.1. The van der Waals surface area contributed by atoms with Crippen molar-refractivity contribution in [2.45, 2.75) is 0 Å². The number of nitrogens with zero attached hydrogens (tertiary/aromatic N) is 3. The second kappa shape index (κ2) is 8.94. The summed E-state index contributed by atoms with van der Waals surface area (Å²) in [4.78, 5) is 3.77. The zero-order chi connectivity index (χ0) is 27.5. The molecule has 0 aliphatic heterocycles. The maximum absolute atomic E-state index is 15.5. The highest BCUT2D eigenvalue weighted by Gasteiger charge is 2.23. The third-order valence-corrected chi connectivity index (χ3v) is 8.03. The van der Waals surface area contributed by atoms with Crippen LogP contribution in [-0.2, 0) is 0 Å². The third-order valence-electron chi connectivity index (χ3n) is 8.03. The lowest BCUT2D eigenvalue weighted by atomic mass is 9.99. The number of hydrogen-bond donors (Lipinski definition) is 0. The van der Waals surface area contributed by atoms with Gasteiger partial charge in [0.25, 0.3) is 0 Å². The first kappa shape index (κ1) is 23.2. The summed E-state index contributed by atoms with van der Waals surface area (Å²) in [7, 11) is 0. The van der Waals surface area contributed by atoms with Crippen molar-refractivity contribution < 1.29 is 4.39 Å². The van der Waals surface area contributed by atoms with Crippen LogP contribution in [0.25, 0.3) is 71.0 Å². The Labute approximate surface area is 235 Å². The van der Waals surface area contributed by atoms with E-state index in [0.29, 0.717) is 5.69 Å². The monoisotopic (exact) mass is 527 g/mol. The molecule has 0 atom stereocenters. The van der Waals surface area contributed by atoms with Crippen molar-refractivity contribution >= 4 is 49.3 Å². The van der Waals surface area contributed by atoms with Gasteiger partial charge in [0, 0.05) is 27.1 Å². The highest BCUT2D eigenvalue weighted by molar-refractivity contribution is 6.12. The minimum atomic E-state index is -0.532. The van der Waals surface area contributed by atoms with E-state index in [0.717, 1.165) is 49.7 Å². The Morgan fingerprint density at radius 3 is 1.41 bits per heavy atom. The summed E-state index contributed by atoms with van der Waals surface area (Å²) in [5.41, 5.74) is 7.27. The number of hydrogen-bond acceptors (Lipinski definition) is 0. The molecular formula is C37H22FN3. The molecule has 0 amide bonds. The molecule has 0 fully saturated rings. The van der Waals surface area contributed by atoms with Crippen molar-refractivity contribution in [3.8, 4) is 22.5 Å². The number of rotatable bonds is 3. The molecule has 0 aliphatic rings. The van der Waals surface area contributed by atoms with Crippen molar-refractivity contribution in [2.24, 2.45) is 0 Å². The Bertz CT molecular complexity index is 2240. The number of halogens is 1. The van der Waals surface area contributed by atoms with E-state index in [9.17, 15) is 0 Å². The van der Waals surface area contributed by atoms with Gasteiger partial charge >= 0.3 is 0 Å². The Balaban J connectivity index is 1.53. The van der Waals surface area contributed by atoms with Crippen molar-refractivity contribution in [3.63, 3.8) is 0 Å². The molecule has 0 radical (unpaired) electrons. The standard InChI is InChI=1S/C37H22FN3/c1-39-36-30(38)23-22-29(37(36)41-34-20-10-4-14-26(34)27-15-5-11-21-35(27)41)28-16-6-9-19-33(28)40-31-17-7-2-12-24(31)25-13-3-8-18-32(25)40/h2-23H. The van der Waals surface area contributed by atoms with Gasteiger partial charge in [0.2, 0.25) is 5.69 Å². The Hall–Kier alpha value is -5.66. The van der Waals surface area contributed by atoms with Crippen molar-refractivity contribution in [2.75, 3.05) is 0 Å². The van der Waals surface area contributed by atoms with Crippen LogP contribution in [0, 0.1) is 12.4 Å². The summed E-state index contributed by atoms with van der Waals surface area (Å²) in [6.45, 7) is 8.08. The fraction of sp³-hybridized carbons (Fsp3) is 0. The molecule has 0 saturated carbocycles. The predicted molar refractivity (Wildman–Crippen MR) is 167 cm³/mol. The molecule has 8 aromatic rings. The number of benzene rings is 6. The third kappa shape index (κ3) is 3.30. The molecular weight excluding hydrogens is 505 g/mol.